The van der Waals surface area contributed by atoms with Crippen molar-refractivity contribution in [3.63, 3.8) is 0 Å². The Morgan fingerprint density at radius 1 is 1.07 bits per heavy atom. The zero-order chi connectivity index (χ0) is 21.7. The van der Waals surface area contributed by atoms with E-state index in [0.29, 0.717) is 6.54 Å². The largest absolute Gasteiger partial charge is 0.355 e. The third-order valence-electron chi connectivity index (χ3n) is 5.27. The van der Waals surface area contributed by atoms with Gasteiger partial charge in [0.2, 0.25) is 21.8 Å². The summed E-state index contributed by atoms with van der Waals surface area (Å²) in [5.74, 6) is -0.286. The van der Waals surface area contributed by atoms with E-state index >= 15 is 0 Å². The predicted molar refractivity (Wildman–Crippen MR) is 114 cm³/mol. The molecule has 3 rings (SSSR count). The average Bonchev–Trinajstić information content (AvgIpc) is 2.71. The molecular formula is C22H27N3O4S. The molecule has 1 aliphatic heterocycles. The molecule has 0 spiro atoms. The lowest BCUT2D eigenvalue weighted by atomic mass is 9.90. The first-order valence-electron chi connectivity index (χ1n) is 9.96. The SMILES string of the molecule is CC(=O)N1CCc2ccccc2C1CC(=O)NCCNS(=O)(=O)c1ccc(C)cc1. The molecule has 2 amide bonds. The fraction of sp³-hybridized carbons (Fsp3) is 0.364. The molecule has 1 heterocycles. The van der Waals surface area contributed by atoms with Gasteiger partial charge in [0.15, 0.2) is 0 Å². The van der Waals surface area contributed by atoms with E-state index in [1.165, 1.54) is 6.92 Å². The van der Waals surface area contributed by atoms with Gasteiger partial charge in [-0.15, -0.1) is 0 Å². The standard InChI is InChI=1S/C22H27N3O4S/c1-16-7-9-19(10-8-16)30(28,29)24-13-12-23-22(27)15-21-20-6-4-3-5-18(20)11-14-25(21)17(2)26/h3-10,21,24H,11-15H2,1-2H3,(H,23,27). The molecule has 30 heavy (non-hydrogen) atoms. The number of rotatable bonds is 7. The maximum Gasteiger partial charge on any atom is 0.240 e. The molecule has 0 saturated heterocycles. The summed E-state index contributed by atoms with van der Waals surface area (Å²) in [7, 11) is -3.62. The van der Waals surface area contributed by atoms with Crippen LogP contribution in [0, 0.1) is 6.92 Å². The molecule has 8 heteroatoms. The first kappa shape index (κ1) is 22.0. The van der Waals surface area contributed by atoms with Crippen LogP contribution in [0.15, 0.2) is 53.4 Å². The van der Waals surface area contributed by atoms with Gasteiger partial charge in [-0.3, -0.25) is 9.59 Å². The predicted octanol–water partition coefficient (Wildman–Crippen LogP) is 1.93. The molecule has 1 unspecified atom stereocenters. The second-order valence-corrected chi connectivity index (χ2v) is 9.21. The molecule has 0 saturated carbocycles. The normalized spacial score (nSPS) is 16.1. The smallest absolute Gasteiger partial charge is 0.240 e. The zero-order valence-corrected chi connectivity index (χ0v) is 18.0. The Morgan fingerprint density at radius 2 is 1.77 bits per heavy atom. The van der Waals surface area contributed by atoms with Crippen molar-refractivity contribution in [2.24, 2.45) is 0 Å². The van der Waals surface area contributed by atoms with Crippen LogP contribution < -0.4 is 10.0 Å². The van der Waals surface area contributed by atoms with Crippen LogP contribution in [-0.2, 0) is 26.0 Å². The van der Waals surface area contributed by atoms with E-state index in [0.717, 1.165) is 23.1 Å². The molecule has 2 aromatic rings. The summed E-state index contributed by atoms with van der Waals surface area (Å²) in [6, 6.07) is 14.1. The molecule has 0 fully saturated rings. The summed E-state index contributed by atoms with van der Waals surface area (Å²) in [6.45, 7) is 4.23. The second kappa shape index (κ2) is 9.40. The Labute approximate surface area is 177 Å². The van der Waals surface area contributed by atoms with Gasteiger partial charge in [-0.25, -0.2) is 13.1 Å². The molecule has 0 aliphatic carbocycles. The molecule has 2 aromatic carbocycles. The number of carbonyl (C=O) groups excluding carboxylic acids is 2. The van der Waals surface area contributed by atoms with Gasteiger partial charge in [-0.2, -0.15) is 0 Å². The monoisotopic (exact) mass is 429 g/mol. The van der Waals surface area contributed by atoms with Gasteiger partial charge in [0.25, 0.3) is 0 Å². The van der Waals surface area contributed by atoms with Crippen molar-refractivity contribution in [1.29, 1.82) is 0 Å². The number of carbonyl (C=O) groups is 2. The fourth-order valence-electron chi connectivity index (χ4n) is 3.68. The molecule has 0 aromatic heterocycles. The molecule has 2 N–H and O–H groups in total. The number of hydrogen-bond acceptors (Lipinski definition) is 4. The van der Waals surface area contributed by atoms with Gasteiger partial charge in [0, 0.05) is 26.6 Å². The molecule has 1 atom stereocenters. The molecule has 1 aliphatic rings. The van der Waals surface area contributed by atoms with Crippen LogP contribution in [0.5, 0.6) is 0 Å². The quantitative estimate of drug-likeness (QED) is 0.658. The van der Waals surface area contributed by atoms with E-state index in [1.54, 1.807) is 29.2 Å². The van der Waals surface area contributed by atoms with Crippen molar-refractivity contribution in [2.75, 3.05) is 19.6 Å². The molecule has 7 nitrogen and oxygen atoms in total. The Balaban J connectivity index is 1.55. The lowest BCUT2D eigenvalue weighted by Gasteiger charge is -2.36. The van der Waals surface area contributed by atoms with Crippen molar-refractivity contribution in [3.05, 3.63) is 65.2 Å². The lowest BCUT2D eigenvalue weighted by Crippen LogP contribution is -2.42. The van der Waals surface area contributed by atoms with Crippen LogP contribution in [0.3, 0.4) is 0 Å². The van der Waals surface area contributed by atoms with Crippen molar-refractivity contribution in [3.8, 4) is 0 Å². The van der Waals surface area contributed by atoms with E-state index in [1.807, 2.05) is 31.2 Å². The number of fused-ring (bicyclic) bond motifs is 1. The minimum atomic E-state index is -3.62. The molecular weight excluding hydrogens is 402 g/mol. The van der Waals surface area contributed by atoms with Crippen LogP contribution in [0.2, 0.25) is 0 Å². The van der Waals surface area contributed by atoms with E-state index < -0.39 is 10.0 Å². The van der Waals surface area contributed by atoms with Crippen molar-refractivity contribution in [1.82, 2.24) is 14.9 Å². The maximum absolute atomic E-state index is 12.5. The van der Waals surface area contributed by atoms with Crippen molar-refractivity contribution < 1.29 is 18.0 Å². The highest BCUT2D eigenvalue weighted by atomic mass is 32.2. The summed E-state index contributed by atoms with van der Waals surface area (Å²) in [6.07, 6.45) is 0.913. The van der Waals surface area contributed by atoms with Gasteiger partial charge in [-0.1, -0.05) is 42.0 Å². The van der Waals surface area contributed by atoms with Crippen molar-refractivity contribution >= 4 is 21.8 Å². The van der Waals surface area contributed by atoms with Crippen LogP contribution in [0.1, 0.15) is 36.1 Å². The minimum Gasteiger partial charge on any atom is -0.355 e. The van der Waals surface area contributed by atoms with E-state index in [-0.39, 0.29) is 42.3 Å². The molecule has 0 bridgehead atoms. The van der Waals surface area contributed by atoms with Gasteiger partial charge < -0.3 is 10.2 Å². The van der Waals surface area contributed by atoms with Crippen LogP contribution in [0.4, 0.5) is 0 Å². The highest BCUT2D eigenvalue weighted by Crippen LogP contribution is 2.32. The summed E-state index contributed by atoms with van der Waals surface area (Å²) >= 11 is 0. The van der Waals surface area contributed by atoms with Gasteiger partial charge in [0.05, 0.1) is 17.4 Å². The Hall–Kier alpha value is -2.71. The van der Waals surface area contributed by atoms with Crippen LogP contribution >= 0.6 is 0 Å². The lowest BCUT2D eigenvalue weighted by molar-refractivity contribution is -0.133. The summed E-state index contributed by atoms with van der Waals surface area (Å²) < 4.78 is 27.1. The van der Waals surface area contributed by atoms with Gasteiger partial charge >= 0.3 is 0 Å². The minimum absolute atomic E-state index is 0.0619. The third kappa shape index (κ3) is 5.25. The molecule has 160 valence electrons. The number of nitrogens with zero attached hydrogens (tertiary/aromatic N) is 1. The van der Waals surface area contributed by atoms with Crippen LogP contribution in [-0.4, -0.2) is 44.8 Å². The first-order chi connectivity index (χ1) is 14.3. The summed E-state index contributed by atoms with van der Waals surface area (Å²) in [5, 5.41) is 2.75. The van der Waals surface area contributed by atoms with E-state index in [9.17, 15) is 18.0 Å². The number of amides is 2. The van der Waals surface area contributed by atoms with Crippen molar-refractivity contribution in [2.45, 2.75) is 37.6 Å². The maximum atomic E-state index is 12.5. The number of sulfonamides is 1. The molecule has 0 radical (unpaired) electrons. The topological polar surface area (TPSA) is 95.6 Å². The first-order valence-corrected chi connectivity index (χ1v) is 11.4. The van der Waals surface area contributed by atoms with Crippen LogP contribution in [0.25, 0.3) is 0 Å². The summed E-state index contributed by atoms with van der Waals surface area (Å²) in [5.41, 5.74) is 3.12. The van der Waals surface area contributed by atoms with Gasteiger partial charge in [0.1, 0.15) is 0 Å². The average molecular weight is 430 g/mol. The Bertz CT molecular complexity index is 1020. The van der Waals surface area contributed by atoms with E-state index in [4.69, 9.17) is 0 Å². The number of aryl methyl sites for hydroxylation is 1. The van der Waals surface area contributed by atoms with Gasteiger partial charge in [-0.05, 0) is 36.6 Å². The highest BCUT2D eigenvalue weighted by molar-refractivity contribution is 7.89. The second-order valence-electron chi connectivity index (χ2n) is 7.44. The highest BCUT2D eigenvalue weighted by Gasteiger charge is 2.30. The zero-order valence-electron chi connectivity index (χ0n) is 17.2. The number of benzene rings is 2. The number of nitrogens with one attached hydrogen (secondary N) is 2. The Morgan fingerprint density at radius 3 is 2.47 bits per heavy atom. The Kier molecular flexibility index (Phi) is 6.89. The van der Waals surface area contributed by atoms with E-state index in [2.05, 4.69) is 10.0 Å². The number of hydrogen-bond donors (Lipinski definition) is 2. The fourth-order valence-corrected chi connectivity index (χ4v) is 4.72. The summed E-state index contributed by atoms with van der Waals surface area (Å²) in [4.78, 5) is 26.5. The third-order valence-corrected chi connectivity index (χ3v) is 6.74.